The monoisotopic (exact) mass is 341 g/mol. The zero-order valence-electron chi connectivity index (χ0n) is 12.7. The number of halogens is 1. The fourth-order valence-corrected chi connectivity index (χ4v) is 3.27. The van der Waals surface area contributed by atoms with Crippen LogP contribution < -0.4 is 4.72 Å². The third-order valence-electron chi connectivity index (χ3n) is 3.38. The third kappa shape index (κ3) is 4.32. The van der Waals surface area contributed by atoms with E-state index in [1.165, 1.54) is 0 Å². The number of rotatable bonds is 7. The highest BCUT2D eigenvalue weighted by molar-refractivity contribution is 7.89. The number of nitrogens with one attached hydrogen (secondary N) is 1. The molecule has 0 atom stereocenters. The van der Waals surface area contributed by atoms with E-state index in [4.69, 9.17) is 11.6 Å². The molecule has 0 saturated carbocycles. The molecule has 22 heavy (non-hydrogen) atoms. The van der Waals surface area contributed by atoms with Crippen molar-refractivity contribution in [1.82, 2.24) is 14.5 Å². The zero-order valence-corrected chi connectivity index (χ0v) is 14.3. The molecule has 0 bridgehead atoms. The van der Waals surface area contributed by atoms with Gasteiger partial charge in [-0.05, 0) is 37.5 Å². The largest absolute Gasteiger partial charge is 0.271 e. The van der Waals surface area contributed by atoms with Crippen molar-refractivity contribution in [2.45, 2.75) is 38.1 Å². The van der Waals surface area contributed by atoms with Crippen LogP contribution in [0.2, 0.25) is 5.02 Å². The van der Waals surface area contributed by atoms with Gasteiger partial charge in [-0.15, -0.1) is 0 Å². The molecule has 5 nitrogen and oxygen atoms in total. The fourth-order valence-electron chi connectivity index (χ4n) is 2.04. The Kier molecular flexibility index (Phi) is 5.61. The molecule has 0 unspecified atom stereocenters. The summed E-state index contributed by atoms with van der Waals surface area (Å²) in [5, 5.41) is 4.85. The van der Waals surface area contributed by atoms with E-state index in [2.05, 4.69) is 9.82 Å². The van der Waals surface area contributed by atoms with Gasteiger partial charge in [0, 0.05) is 19.3 Å². The van der Waals surface area contributed by atoms with Gasteiger partial charge < -0.3 is 0 Å². The van der Waals surface area contributed by atoms with Crippen LogP contribution in [0.4, 0.5) is 0 Å². The van der Waals surface area contributed by atoms with E-state index < -0.39 is 10.0 Å². The molecular formula is C15H20ClN3O2S. The van der Waals surface area contributed by atoms with Crippen LogP contribution in [-0.4, -0.2) is 24.7 Å². The molecule has 0 aliphatic rings. The fraction of sp³-hybridized carbons (Fsp3) is 0.400. The number of hydrogen-bond acceptors (Lipinski definition) is 3. The van der Waals surface area contributed by atoms with Crippen LogP contribution in [0, 0.1) is 6.92 Å². The molecule has 1 aromatic heterocycles. The molecule has 0 spiro atoms. The quantitative estimate of drug-likeness (QED) is 0.787. The topological polar surface area (TPSA) is 64.0 Å². The molecule has 1 N–H and O–H groups in total. The average molecular weight is 342 g/mol. The molecule has 120 valence electrons. The third-order valence-corrected chi connectivity index (χ3v) is 5.23. The molecule has 0 amide bonds. The van der Waals surface area contributed by atoms with Crippen LogP contribution in [0.3, 0.4) is 0 Å². The van der Waals surface area contributed by atoms with Crippen LogP contribution in [0.5, 0.6) is 0 Å². The number of aryl methyl sites for hydroxylation is 3. The summed E-state index contributed by atoms with van der Waals surface area (Å²) in [4.78, 5) is 0.294. The van der Waals surface area contributed by atoms with Crippen molar-refractivity contribution in [3.63, 3.8) is 0 Å². The number of benzene rings is 1. The summed E-state index contributed by atoms with van der Waals surface area (Å²) in [7, 11) is -3.45. The lowest BCUT2D eigenvalue weighted by atomic mass is 10.2. The molecule has 1 heterocycles. The van der Waals surface area contributed by atoms with Crippen LogP contribution in [0.25, 0.3) is 0 Å². The van der Waals surface area contributed by atoms with Crippen molar-refractivity contribution in [3.8, 4) is 0 Å². The Morgan fingerprint density at radius 3 is 2.50 bits per heavy atom. The maximum atomic E-state index is 12.1. The Balaban J connectivity index is 1.86. The molecule has 7 heteroatoms. The molecule has 0 aliphatic carbocycles. The molecule has 1 aromatic carbocycles. The van der Waals surface area contributed by atoms with E-state index in [9.17, 15) is 8.42 Å². The van der Waals surface area contributed by atoms with E-state index in [-0.39, 0.29) is 0 Å². The Morgan fingerprint density at radius 1 is 1.27 bits per heavy atom. The molecular weight excluding hydrogens is 322 g/mol. The highest BCUT2D eigenvalue weighted by Gasteiger charge is 2.12. The van der Waals surface area contributed by atoms with E-state index in [1.54, 1.807) is 23.0 Å². The number of hydrogen-bond donors (Lipinski definition) is 1. The number of aromatic nitrogens is 2. The van der Waals surface area contributed by atoms with Gasteiger partial charge in [0.15, 0.2) is 0 Å². The van der Waals surface area contributed by atoms with Gasteiger partial charge in [0.25, 0.3) is 0 Å². The van der Waals surface area contributed by atoms with Gasteiger partial charge in [-0.1, -0.05) is 30.7 Å². The Bertz CT molecular complexity index is 704. The molecule has 2 aromatic rings. The summed E-state index contributed by atoms with van der Waals surface area (Å²) in [6, 6.07) is 6.95. The van der Waals surface area contributed by atoms with Gasteiger partial charge in [-0.3, -0.25) is 4.68 Å². The molecule has 0 aliphatic heterocycles. The first-order chi connectivity index (χ1) is 10.4. The summed E-state index contributed by atoms with van der Waals surface area (Å²) in [5.41, 5.74) is 1.89. The maximum Gasteiger partial charge on any atom is 0.240 e. The van der Waals surface area contributed by atoms with Crippen LogP contribution in [0.15, 0.2) is 35.4 Å². The minimum atomic E-state index is -3.45. The van der Waals surface area contributed by atoms with Crippen molar-refractivity contribution in [2.24, 2.45) is 0 Å². The van der Waals surface area contributed by atoms with Gasteiger partial charge in [0.05, 0.1) is 15.6 Å². The molecule has 0 saturated heterocycles. The zero-order chi connectivity index (χ0) is 16.2. The van der Waals surface area contributed by atoms with Crippen molar-refractivity contribution >= 4 is 21.6 Å². The summed E-state index contributed by atoms with van der Waals surface area (Å²) in [6.07, 6.45) is 3.28. The van der Waals surface area contributed by atoms with E-state index in [1.807, 2.05) is 26.0 Å². The van der Waals surface area contributed by atoms with E-state index in [0.717, 1.165) is 17.7 Å². The van der Waals surface area contributed by atoms with Gasteiger partial charge in [-0.25, -0.2) is 13.1 Å². The second kappa shape index (κ2) is 7.26. The van der Waals surface area contributed by atoms with Crippen molar-refractivity contribution in [3.05, 3.63) is 46.7 Å². The molecule has 2 rings (SSSR count). The van der Waals surface area contributed by atoms with Gasteiger partial charge >= 0.3 is 0 Å². The van der Waals surface area contributed by atoms with Crippen LogP contribution >= 0.6 is 11.6 Å². The molecule has 0 fully saturated rings. The van der Waals surface area contributed by atoms with Crippen molar-refractivity contribution in [1.29, 1.82) is 0 Å². The lowest BCUT2D eigenvalue weighted by molar-refractivity contribution is 0.551. The minimum Gasteiger partial charge on any atom is -0.271 e. The number of nitrogens with zero attached hydrogens (tertiary/aromatic N) is 2. The van der Waals surface area contributed by atoms with Crippen molar-refractivity contribution in [2.75, 3.05) is 6.54 Å². The normalized spacial score (nSPS) is 11.8. The Morgan fingerprint density at radius 2 is 1.95 bits per heavy atom. The summed E-state index contributed by atoms with van der Waals surface area (Å²) in [5.74, 6) is 0. The summed E-state index contributed by atoms with van der Waals surface area (Å²) < 4.78 is 28.6. The second-order valence-corrected chi connectivity index (χ2v) is 7.25. The minimum absolute atomic E-state index is 0.294. The highest BCUT2D eigenvalue weighted by atomic mass is 35.5. The van der Waals surface area contributed by atoms with Crippen molar-refractivity contribution < 1.29 is 8.42 Å². The SMILES string of the molecule is CCc1ccc(S(=O)(=O)NCCCn2cc(Cl)c(C)n2)cc1. The van der Waals surface area contributed by atoms with Crippen LogP contribution in [-0.2, 0) is 23.0 Å². The lowest BCUT2D eigenvalue weighted by Crippen LogP contribution is -2.25. The van der Waals surface area contributed by atoms with Crippen LogP contribution in [0.1, 0.15) is 24.6 Å². The standard InChI is InChI=1S/C15H20ClN3O2S/c1-3-13-5-7-14(8-6-13)22(20,21)17-9-4-10-19-11-15(16)12(2)18-19/h5-8,11,17H,3-4,9-10H2,1-2H3. The van der Waals surface area contributed by atoms with E-state index in [0.29, 0.717) is 29.4 Å². The smallest absolute Gasteiger partial charge is 0.240 e. The summed E-state index contributed by atoms with van der Waals surface area (Å²) >= 11 is 5.92. The van der Waals surface area contributed by atoms with Gasteiger partial charge in [0.2, 0.25) is 10.0 Å². The first-order valence-corrected chi connectivity index (χ1v) is 9.06. The predicted octanol–water partition coefficient (Wildman–Crippen LogP) is 2.78. The van der Waals surface area contributed by atoms with E-state index >= 15 is 0 Å². The lowest BCUT2D eigenvalue weighted by Gasteiger charge is -2.07. The maximum absolute atomic E-state index is 12.1. The Labute approximate surface area is 136 Å². The Hall–Kier alpha value is -1.37. The average Bonchev–Trinajstić information content (AvgIpc) is 2.82. The summed E-state index contributed by atoms with van der Waals surface area (Å²) in [6.45, 7) is 4.84. The second-order valence-electron chi connectivity index (χ2n) is 5.07. The van der Waals surface area contributed by atoms with Gasteiger partial charge in [-0.2, -0.15) is 5.10 Å². The first kappa shape index (κ1) is 17.0. The predicted molar refractivity (Wildman–Crippen MR) is 87.6 cm³/mol. The number of sulfonamides is 1. The molecule has 0 radical (unpaired) electrons. The van der Waals surface area contributed by atoms with Gasteiger partial charge in [0.1, 0.15) is 0 Å². The highest BCUT2D eigenvalue weighted by Crippen LogP contribution is 2.13. The first-order valence-electron chi connectivity index (χ1n) is 7.20.